The summed E-state index contributed by atoms with van der Waals surface area (Å²) in [7, 11) is 0. The second-order valence-electron chi connectivity index (χ2n) is 4.13. The van der Waals surface area contributed by atoms with E-state index in [1.54, 1.807) is 0 Å². The highest BCUT2D eigenvalue weighted by Gasteiger charge is 2.32. The molecular formula is C10H16N2O4. The van der Waals surface area contributed by atoms with E-state index >= 15 is 0 Å². The molecule has 1 N–H and O–H groups in total. The van der Waals surface area contributed by atoms with E-state index < -0.39 is 6.09 Å². The number of ether oxygens (including phenoxy) is 1. The maximum atomic E-state index is 11.8. The van der Waals surface area contributed by atoms with Gasteiger partial charge in [-0.25, -0.2) is 4.79 Å². The van der Waals surface area contributed by atoms with Gasteiger partial charge in [0.05, 0.1) is 0 Å². The summed E-state index contributed by atoms with van der Waals surface area (Å²) in [6.45, 7) is 2.30. The lowest BCUT2D eigenvalue weighted by molar-refractivity contribution is -0.139. The highest BCUT2D eigenvalue weighted by atomic mass is 16.5. The average Bonchev–Trinajstić information content (AvgIpc) is 2.30. The first-order valence-corrected chi connectivity index (χ1v) is 5.53. The Hall–Kier alpha value is -1.30. The molecule has 0 bridgehead atoms. The van der Waals surface area contributed by atoms with Crippen molar-refractivity contribution >= 4 is 12.0 Å². The predicted molar refractivity (Wildman–Crippen MR) is 55.2 cm³/mol. The summed E-state index contributed by atoms with van der Waals surface area (Å²) in [5.74, 6) is -0.0828. The van der Waals surface area contributed by atoms with E-state index in [2.05, 4.69) is 0 Å². The molecule has 90 valence electrons. The summed E-state index contributed by atoms with van der Waals surface area (Å²) >= 11 is 0. The molecule has 0 unspecified atom stereocenters. The molecule has 6 heteroatoms. The van der Waals surface area contributed by atoms with E-state index in [-0.39, 0.29) is 18.5 Å². The summed E-state index contributed by atoms with van der Waals surface area (Å²) in [5, 5.41) is 8.79. The van der Waals surface area contributed by atoms with Crippen LogP contribution in [0.1, 0.15) is 12.8 Å². The summed E-state index contributed by atoms with van der Waals surface area (Å²) in [6.07, 6.45) is 0.706. The fraction of sp³-hybridized carbons (Fsp3) is 0.800. The van der Waals surface area contributed by atoms with Crippen LogP contribution < -0.4 is 0 Å². The highest BCUT2D eigenvalue weighted by molar-refractivity contribution is 5.83. The standard InChI is InChI=1S/C10H16N2O4/c13-9-7-11(10(14)15)3-4-12(9)8-1-5-16-6-2-8/h8H,1-7H2,(H,14,15). The van der Waals surface area contributed by atoms with Crippen molar-refractivity contribution in [2.75, 3.05) is 32.8 Å². The molecule has 0 radical (unpaired) electrons. The molecule has 0 atom stereocenters. The van der Waals surface area contributed by atoms with Gasteiger partial charge in [0.15, 0.2) is 0 Å². The topological polar surface area (TPSA) is 70.1 Å². The molecule has 2 aliphatic heterocycles. The third kappa shape index (κ3) is 2.27. The van der Waals surface area contributed by atoms with Crippen molar-refractivity contribution in [2.24, 2.45) is 0 Å². The Morgan fingerprint density at radius 2 is 2.00 bits per heavy atom. The van der Waals surface area contributed by atoms with Gasteiger partial charge >= 0.3 is 6.09 Å². The lowest BCUT2D eigenvalue weighted by atomic mass is 10.1. The molecule has 0 spiro atoms. The zero-order valence-corrected chi connectivity index (χ0v) is 9.09. The maximum Gasteiger partial charge on any atom is 0.407 e. The summed E-state index contributed by atoms with van der Waals surface area (Å²) in [4.78, 5) is 25.5. The van der Waals surface area contributed by atoms with Gasteiger partial charge in [0.1, 0.15) is 6.54 Å². The van der Waals surface area contributed by atoms with Crippen LogP contribution in [-0.2, 0) is 9.53 Å². The van der Waals surface area contributed by atoms with Crippen molar-refractivity contribution in [3.63, 3.8) is 0 Å². The summed E-state index contributed by atoms with van der Waals surface area (Å²) in [6, 6.07) is 0.234. The van der Waals surface area contributed by atoms with Crippen LogP contribution in [0, 0.1) is 0 Å². The van der Waals surface area contributed by atoms with Gasteiger partial charge in [-0.15, -0.1) is 0 Å². The van der Waals surface area contributed by atoms with Gasteiger partial charge in [-0.1, -0.05) is 0 Å². The smallest absolute Gasteiger partial charge is 0.407 e. The van der Waals surface area contributed by atoms with Crippen LogP contribution in [-0.4, -0.2) is 65.8 Å². The van der Waals surface area contributed by atoms with Crippen LogP contribution in [0.15, 0.2) is 0 Å². The number of piperazine rings is 1. The molecule has 0 aromatic carbocycles. The number of nitrogens with zero attached hydrogens (tertiary/aromatic N) is 2. The summed E-state index contributed by atoms with van der Waals surface area (Å²) < 4.78 is 5.24. The quantitative estimate of drug-likeness (QED) is 0.685. The Labute approximate surface area is 93.8 Å². The first-order valence-electron chi connectivity index (χ1n) is 5.53. The summed E-state index contributed by atoms with van der Waals surface area (Å²) in [5.41, 5.74) is 0. The first-order chi connectivity index (χ1) is 7.68. The first kappa shape index (κ1) is 11.2. The number of amides is 2. The molecule has 6 nitrogen and oxygen atoms in total. The van der Waals surface area contributed by atoms with Gasteiger partial charge in [0.2, 0.25) is 5.91 Å². The number of hydrogen-bond acceptors (Lipinski definition) is 3. The van der Waals surface area contributed by atoms with Gasteiger partial charge in [-0.3, -0.25) is 9.69 Å². The van der Waals surface area contributed by atoms with Crippen molar-refractivity contribution in [3.8, 4) is 0 Å². The van der Waals surface area contributed by atoms with Crippen molar-refractivity contribution < 1.29 is 19.4 Å². The molecule has 2 saturated heterocycles. The number of carbonyl (C=O) groups is 2. The maximum absolute atomic E-state index is 11.8. The fourth-order valence-electron chi connectivity index (χ4n) is 2.23. The molecule has 2 heterocycles. The van der Waals surface area contributed by atoms with Gasteiger partial charge in [0.25, 0.3) is 0 Å². The van der Waals surface area contributed by atoms with Crippen LogP contribution in [0.3, 0.4) is 0 Å². The van der Waals surface area contributed by atoms with Crippen LogP contribution in [0.25, 0.3) is 0 Å². The van der Waals surface area contributed by atoms with E-state index in [9.17, 15) is 9.59 Å². The number of carboxylic acid groups (broad SMARTS) is 1. The largest absolute Gasteiger partial charge is 0.465 e. The van der Waals surface area contributed by atoms with Crippen LogP contribution in [0.4, 0.5) is 4.79 Å². The van der Waals surface area contributed by atoms with Crippen LogP contribution >= 0.6 is 0 Å². The third-order valence-electron chi connectivity index (χ3n) is 3.16. The molecular weight excluding hydrogens is 212 g/mol. The molecule has 2 amide bonds. The Morgan fingerprint density at radius 3 is 2.56 bits per heavy atom. The molecule has 0 aromatic heterocycles. The highest BCUT2D eigenvalue weighted by Crippen LogP contribution is 2.17. The second-order valence-corrected chi connectivity index (χ2v) is 4.13. The minimum atomic E-state index is -1.01. The Bertz CT molecular complexity index is 289. The van der Waals surface area contributed by atoms with E-state index in [4.69, 9.17) is 9.84 Å². The zero-order chi connectivity index (χ0) is 11.5. The number of hydrogen-bond donors (Lipinski definition) is 1. The van der Waals surface area contributed by atoms with E-state index in [1.807, 2.05) is 4.90 Å². The Kier molecular flexibility index (Phi) is 3.28. The zero-order valence-electron chi connectivity index (χ0n) is 9.09. The van der Waals surface area contributed by atoms with Gasteiger partial charge in [-0.2, -0.15) is 0 Å². The van der Waals surface area contributed by atoms with Crippen molar-refractivity contribution in [1.82, 2.24) is 9.80 Å². The van der Waals surface area contributed by atoms with Gasteiger partial charge in [-0.05, 0) is 12.8 Å². The van der Waals surface area contributed by atoms with E-state index in [0.717, 1.165) is 17.7 Å². The van der Waals surface area contributed by atoms with Crippen molar-refractivity contribution in [1.29, 1.82) is 0 Å². The number of carbonyl (C=O) groups excluding carboxylic acids is 1. The molecule has 0 aliphatic carbocycles. The monoisotopic (exact) mass is 228 g/mol. The molecule has 0 aromatic rings. The van der Waals surface area contributed by atoms with Crippen molar-refractivity contribution in [3.05, 3.63) is 0 Å². The molecule has 2 rings (SSSR count). The molecule has 2 aliphatic rings. The van der Waals surface area contributed by atoms with Crippen LogP contribution in [0.2, 0.25) is 0 Å². The van der Waals surface area contributed by atoms with Gasteiger partial charge in [0, 0.05) is 32.3 Å². The van der Waals surface area contributed by atoms with E-state index in [0.29, 0.717) is 26.3 Å². The normalized spacial score (nSPS) is 23.6. The minimum absolute atomic E-state index is 0.00725. The molecule has 16 heavy (non-hydrogen) atoms. The van der Waals surface area contributed by atoms with E-state index in [1.165, 1.54) is 0 Å². The van der Waals surface area contributed by atoms with Crippen LogP contribution in [0.5, 0.6) is 0 Å². The fourth-order valence-corrected chi connectivity index (χ4v) is 2.23. The lowest BCUT2D eigenvalue weighted by Crippen LogP contribution is -2.56. The second kappa shape index (κ2) is 4.69. The SMILES string of the molecule is O=C(O)N1CCN(C2CCOCC2)C(=O)C1. The third-order valence-corrected chi connectivity index (χ3v) is 3.16. The number of rotatable bonds is 1. The van der Waals surface area contributed by atoms with Crippen molar-refractivity contribution in [2.45, 2.75) is 18.9 Å². The molecule has 2 fully saturated rings. The Morgan fingerprint density at radius 1 is 1.31 bits per heavy atom. The minimum Gasteiger partial charge on any atom is -0.465 e. The predicted octanol–water partition coefficient (Wildman–Crippen LogP) is -0.0124. The van der Waals surface area contributed by atoms with Gasteiger partial charge < -0.3 is 14.7 Å². The lowest BCUT2D eigenvalue weighted by Gasteiger charge is -2.39. The molecule has 0 saturated carbocycles. The average molecular weight is 228 g/mol. The Balaban J connectivity index is 1.93.